The summed E-state index contributed by atoms with van der Waals surface area (Å²) in [5, 5.41) is 0. The van der Waals surface area contributed by atoms with Gasteiger partial charge in [-0.25, -0.2) is 0 Å². The maximum Gasteiger partial charge on any atom is 0.0154 e. The molecule has 0 heterocycles. The minimum Gasteiger partial charge on any atom is -0.175 e. The Hall–Kier alpha value is -0.430. The van der Waals surface area contributed by atoms with Crippen molar-refractivity contribution < 1.29 is 0 Å². The summed E-state index contributed by atoms with van der Waals surface area (Å²) in [5.74, 6) is 0.823. The van der Waals surface area contributed by atoms with Crippen molar-refractivity contribution in [2.75, 3.05) is 0 Å². The van der Waals surface area contributed by atoms with Crippen LogP contribution in [0.4, 0.5) is 0 Å². The van der Waals surface area contributed by atoms with Gasteiger partial charge in [0.25, 0.3) is 0 Å². The molecular formula is C9H11S. The first-order valence-electron chi connectivity index (χ1n) is 3.36. The SMILES string of the molecule is C[CH]c1ccc(CS)cc1. The fraction of sp³-hybridized carbons (Fsp3) is 0.222. The van der Waals surface area contributed by atoms with Gasteiger partial charge in [-0.15, -0.1) is 0 Å². The van der Waals surface area contributed by atoms with Crippen LogP contribution in [0, 0.1) is 6.42 Å². The highest BCUT2D eigenvalue weighted by Gasteiger charge is 1.88. The number of rotatable bonds is 2. The predicted octanol–water partition coefficient (Wildman–Crippen LogP) is 2.69. The molecule has 1 aromatic carbocycles. The van der Waals surface area contributed by atoms with E-state index in [1.165, 1.54) is 11.1 Å². The van der Waals surface area contributed by atoms with Gasteiger partial charge in [0.2, 0.25) is 0 Å². The van der Waals surface area contributed by atoms with E-state index >= 15 is 0 Å². The molecular weight excluding hydrogens is 140 g/mol. The summed E-state index contributed by atoms with van der Waals surface area (Å²) in [5.41, 5.74) is 2.54. The van der Waals surface area contributed by atoms with Crippen LogP contribution in [0.1, 0.15) is 18.1 Å². The fourth-order valence-electron chi connectivity index (χ4n) is 0.815. The van der Waals surface area contributed by atoms with Crippen molar-refractivity contribution in [1.82, 2.24) is 0 Å². The monoisotopic (exact) mass is 151 g/mol. The largest absolute Gasteiger partial charge is 0.175 e. The predicted molar refractivity (Wildman–Crippen MR) is 48.2 cm³/mol. The van der Waals surface area contributed by atoms with Crippen LogP contribution < -0.4 is 0 Å². The first kappa shape index (κ1) is 7.67. The van der Waals surface area contributed by atoms with Gasteiger partial charge in [-0.1, -0.05) is 31.2 Å². The van der Waals surface area contributed by atoms with Crippen LogP contribution >= 0.6 is 12.6 Å². The smallest absolute Gasteiger partial charge is 0.0154 e. The maximum atomic E-state index is 4.16. The van der Waals surface area contributed by atoms with Crippen molar-refractivity contribution in [3.8, 4) is 0 Å². The van der Waals surface area contributed by atoms with E-state index in [2.05, 4.69) is 43.3 Å². The Balaban J connectivity index is 2.80. The molecule has 0 aliphatic heterocycles. The number of hydrogen-bond donors (Lipinski definition) is 1. The third kappa shape index (κ3) is 1.77. The molecule has 0 aliphatic carbocycles. The molecule has 0 saturated carbocycles. The van der Waals surface area contributed by atoms with E-state index in [0.717, 1.165) is 5.75 Å². The van der Waals surface area contributed by atoms with Crippen LogP contribution in [-0.4, -0.2) is 0 Å². The first-order valence-corrected chi connectivity index (χ1v) is 3.99. The molecule has 1 heteroatoms. The van der Waals surface area contributed by atoms with Crippen LogP contribution in [0.5, 0.6) is 0 Å². The van der Waals surface area contributed by atoms with Gasteiger partial charge in [-0.3, -0.25) is 0 Å². The van der Waals surface area contributed by atoms with Crippen molar-refractivity contribution in [1.29, 1.82) is 0 Å². The van der Waals surface area contributed by atoms with E-state index < -0.39 is 0 Å². The zero-order chi connectivity index (χ0) is 7.40. The van der Waals surface area contributed by atoms with E-state index in [1.54, 1.807) is 0 Å². The minimum atomic E-state index is 0.823. The van der Waals surface area contributed by atoms with Crippen molar-refractivity contribution in [3.63, 3.8) is 0 Å². The standard InChI is InChI=1S/C9H11S/c1-2-8-3-5-9(7-10)6-4-8/h2-6,10H,7H2,1H3. The number of benzene rings is 1. The third-order valence-corrected chi connectivity index (χ3v) is 1.86. The quantitative estimate of drug-likeness (QED) is 0.617. The lowest BCUT2D eigenvalue weighted by molar-refractivity contribution is 1.36. The first-order chi connectivity index (χ1) is 4.86. The Labute approximate surface area is 67.7 Å². The van der Waals surface area contributed by atoms with Crippen LogP contribution in [0.3, 0.4) is 0 Å². The fourth-order valence-corrected chi connectivity index (χ4v) is 1.03. The molecule has 0 saturated heterocycles. The van der Waals surface area contributed by atoms with Gasteiger partial charge >= 0.3 is 0 Å². The second-order valence-electron chi connectivity index (χ2n) is 2.19. The topological polar surface area (TPSA) is 0 Å². The zero-order valence-corrected chi connectivity index (χ0v) is 6.94. The highest BCUT2D eigenvalue weighted by molar-refractivity contribution is 7.79. The van der Waals surface area contributed by atoms with Gasteiger partial charge in [0.05, 0.1) is 0 Å². The average Bonchev–Trinajstić information content (AvgIpc) is 2.05. The molecule has 0 atom stereocenters. The summed E-state index contributed by atoms with van der Waals surface area (Å²) < 4.78 is 0. The summed E-state index contributed by atoms with van der Waals surface area (Å²) in [6.07, 6.45) is 2.09. The van der Waals surface area contributed by atoms with Gasteiger partial charge < -0.3 is 0 Å². The molecule has 53 valence electrons. The van der Waals surface area contributed by atoms with E-state index in [0.29, 0.717) is 0 Å². The molecule has 1 aromatic rings. The Kier molecular flexibility index (Phi) is 2.82. The molecule has 0 spiro atoms. The second-order valence-corrected chi connectivity index (χ2v) is 2.50. The van der Waals surface area contributed by atoms with E-state index in [-0.39, 0.29) is 0 Å². The minimum absolute atomic E-state index is 0.823. The van der Waals surface area contributed by atoms with Crippen LogP contribution in [0.25, 0.3) is 0 Å². The second kappa shape index (κ2) is 3.67. The molecule has 1 radical (unpaired) electrons. The summed E-state index contributed by atoms with van der Waals surface area (Å²) in [7, 11) is 0. The molecule has 0 aliphatic rings. The maximum absolute atomic E-state index is 4.16. The van der Waals surface area contributed by atoms with Gasteiger partial charge in [0.15, 0.2) is 0 Å². The van der Waals surface area contributed by atoms with Gasteiger partial charge in [0.1, 0.15) is 0 Å². The van der Waals surface area contributed by atoms with Crippen molar-refractivity contribution in [2.24, 2.45) is 0 Å². The highest BCUT2D eigenvalue weighted by atomic mass is 32.1. The van der Waals surface area contributed by atoms with Gasteiger partial charge in [0, 0.05) is 5.75 Å². The lowest BCUT2D eigenvalue weighted by Crippen LogP contribution is -1.79. The van der Waals surface area contributed by atoms with Gasteiger partial charge in [-0.05, 0) is 17.5 Å². The molecule has 0 bridgehead atoms. The van der Waals surface area contributed by atoms with Crippen LogP contribution in [0.15, 0.2) is 24.3 Å². The molecule has 0 aromatic heterocycles. The van der Waals surface area contributed by atoms with E-state index in [4.69, 9.17) is 0 Å². The van der Waals surface area contributed by atoms with Crippen molar-refractivity contribution in [3.05, 3.63) is 41.8 Å². The summed E-state index contributed by atoms with van der Waals surface area (Å²) >= 11 is 4.16. The molecule has 0 fully saturated rings. The molecule has 0 unspecified atom stereocenters. The van der Waals surface area contributed by atoms with Crippen molar-refractivity contribution >= 4 is 12.6 Å². The lowest BCUT2D eigenvalue weighted by Gasteiger charge is -1.96. The molecule has 10 heavy (non-hydrogen) atoms. The third-order valence-electron chi connectivity index (χ3n) is 1.50. The number of hydrogen-bond acceptors (Lipinski definition) is 1. The van der Waals surface area contributed by atoms with Crippen LogP contribution in [0.2, 0.25) is 0 Å². The Morgan fingerprint density at radius 3 is 2.30 bits per heavy atom. The van der Waals surface area contributed by atoms with E-state index in [9.17, 15) is 0 Å². The normalized spacial score (nSPS) is 9.80. The summed E-state index contributed by atoms with van der Waals surface area (Å²) in [6, 6.07) is 8.40. The molecule has 0 N–H and O–H groups in total. The summed E-state index contributed by atoms with van der Waals surface area (Å²) in [4.78, 5) is 0. The van der Waals surface area contributed by atoms with E-state index in [1.807, 2.05) is 6.92 Å². The highest BCUT2D eigenvalue weighted by Crippen LogP contribution is 2.07. The molecule has 0 nitrogen and oxygen atoms in total. The lowest BCUT2D eigenvalue weighted by atomic mass is 10.1. The summed E-state index contributed by atoms with van der Waals surface area (Å²) in [6.45, 7) is 2.04. The molecule has 1 rings (SSSR count). The number of thiol groups is 1. The Morgan fingerprint density at radius 1 is 1.30 bits per heavy atom. The Morgan fingerprint density at radius 2 is 1.90 bits per heavy atom. The van der Waals surface area contributed by atoms with Crippen LogP contribution in [-0.2, 0) is 5.75 Å². The zero-order valence-electron chi connectivity index (χ0n) is 6.04. The van der Waals surface area contributed by atoms with Crippen molar-refractivity contribution in [2.45, 2.75) is 12.7 Å². The average molecular weight is 151 g/mol. The van der Waals surface area contributed by atoms with Gasteiger partial charge in [-0.2, -0.15) is 12.6 Å². The Bertz CT molecular complexity index is 165. The molecule has 0 amide bonds.